The molecule has 1 atom stereocenters. The highest BCUT2D eigenvalue weighted by molar-refractivity contribution is 6.69. The zero-order valence-electron chi connectivity index (χ0n) is 24.3. The molecule has 3 aromatic rings. The van der Waals surface area contributed by atoms with Gasteiger partial charge in [0.1, 0.15) is 23.3 Å². The number of hydrogen-bond donors (Lipinski definition) is 3. The Hall–Kier alpha value is -3.47. The monoisotopic (exact) mass is 610 g/mol. The van der Waals surface area contributed by atoms with E-state index in [0.717, 1.165) is 54.5 Å². The second kappa shape index (κ2) is 12.8. The zero-order valence-corrected chi connectivity index (χ0v) is 25.9. The smallest absolute Gasteiger partial charge is 0.225 e. The normalized spacial score (nSPS) is 15.6. The minimum Gasteiger partial charge on any atom is -0.491 e. The summed E-state index contributed by atoms with van der Waals surface area (Å²) >= 11 is 12.8. The van der Waals surface area contributed by atoms with Crippen molar-refractivity contribution in [2.24, 2.45) is 0 Å². The van der Waals surface area contributed by atoms with Crippen LogP contribution in [0.15, 0.2) is 30.0 Å². The van der Waals surface area contributed by atoms with Crippen LogP contribution >= 0.6 is 23.2 Å². The molecule has 4 heterocycles. The van der Waals surface area contributed by atoms with Crippen LogP contribution in [0, 0.1) is 12.3 Å². The van der Waals surface area contributed by atoms with Gasteiger partial charge in [-0.15, -0.1) is 0 Å². The van der Waals surface area contributed by atoms with Gasteiger partial charge in [-0.2, -0.15) is 0 Å². The first-order valence-corrected chi connectivity index (χ1v) is 14.9. The third-order valence-corrected chi connectivity index (χ3v) is 8.25. The minimum absolute atomic E-state index is 0.0816. The molecule has 0 amide bonds. The summed E-state index contributed by atoms with van der Waals surface area (Å²) in [6.45, 7) is 9.08. The van der Waals surface area contributed by atoms with Crippen molar-refractivity contribution < 1.29 is 9.84 Å². The second-order valence-corrected chi connectivity index (χ2v) is 11.4. The number of nitrogens with one attached hydrogen (secondary N) is 2. The number of ether oxygens (including phenoxy) is 1. The molecule has 0 radical (unpaired) electrons. The number of rotatable bonds is 11. The Balaban J connectivity index is 1.57. The average Bonchev–Trinajstić information content (AvgIpc) is 3.36. The average molecular weight is 612 g/mol. The summed E-state index contributed by atoms with van der Waals surface area (Å²) in [6, 6.07) is 5.31. The fourth-order valence-corrected chi connectivity index (χ4v) is 5.40. The van der Waals surface area contributed by atoms with Crippen LogP contribution in [0.4, 0.5) is 11.8 Å². The molecule has 1 fully saturated rings. The van der Waals surface area contributed by atoms with Gasteiger partial charge in [0.05, 0.1) is 34.8 Å². The Morgan fingerprint density at radius 1 is 1.19 bits per heavy atom. The van der Waals surface area contributed by atoms with E-state index in [1.165, 1.54) is 0 Å². The first-order valence-electron chi connectivity index (χ1n) is 14.2. The van der Waals surface area contributed by atoms with Crippen molar-refractivity contribution in [2.75, 3.05) is 36.5 Å². The van der Waals surface area contributed by atoms with Crippen LogP contribution in [-0.2, 0) is 13.1 Å². The van der Waals surface area contributed by atoms with E-state index in [1.807, 2.05) is 20.0 Å². The summed E-state index contributed by atoms with van der Waals surface area (Å²) < 4.78 is 5.89. The molecule has 0 saturated carbocycles. The van der Waals surface area contributed by atoms with E-state index in [2.05, 4.69) is 20.1 Å². The van der Waals surface area contributed by atoms with Gasteiger partial charge >= 0.3 is 0 Å². The molecule has 1 saturated heterocycles. The molecule has 2 aliphatic rings. The quantitative estimate of drug-likeness (QED) is 0.247. The van der Waals surface area contributed by atoms with E-state index >= 15 is 0 Å². The molecule has 10 nitrogen and oxygen atoms in total. The predicted molar refractivity (Wildman–Crippen MR) is 168 cm³/mol. The van der Waals surface area contributed by atoms with Crippen LogP contribution in [0.1, 0.15) is 55.6 Å². The molecule has 0 spiro atoms. The number of aliphatic hydroxyl groups is 1. The van der Waals surface area contributed by atoms with Gasteiger partial charge in [-0.3, -0.25) is 5.41 Å². The maximum atomic E-state index is 10.2. The van der Waals surface area contributed by atoms with E-state index in [4.69, 9.17) is 48.3 Å². The molecule has 42 heavy (non-hydrogen) atoms. The van der Waals surface area contributed by atoms with Crippen LogP contribution in [0.5, 0.6) is 5.75 Å². The summed E-state index contributed by atoms with van der Waals surface area (Å²) in [7, 11) is 1.78. The SMILES string of the molecule is CCC[C@@H](O)COc1ccc(Cl)c(-c2nc(/C(NC)=C(\C)C(=N)Cl)c(C)c(N3Cc4cnc(N5CCC5)nc4C3)n2)c1. The van der Waals surface area contributed by atoms with Crippen molar-refractivity contribution in [3.8, 4) is 17.1 Å². The van der Waals surface area contributed by atoms with E-state index in [0.29, 0.717) is 58.6 Å². The fourth-order valence-electron chi connectivity index (χ4n) is 5.11. The van der Waals surface area contributed by atoms with Gasteiger partial charge in [0, 0.05) is 55.1 Å². The summed E-state index contributed by atoms with van der Waals surface area (Å²) in [5.41, 5.74) is 5.26. The Morgan fingerprint density at radius 3 is 2.64 bits per heavy atom. The number of nitrogens with zero attached hydrogens (tertiary/aromatic N) is 6. The van der Waals surface area contributed by atoms with Crippen LogP contribution in [-0.4, -0.2) is 63.1 Å². The molecule has 1 aromatic carbocycles. The maximum absolute atomic E-state index is 10.2. The number of anilines is 2. The van der Waals surface area contributed by atoms with Crippen molar-refractivity contribution in [2.45, 2.75) is 59.2 Å². The number of benzene rings is 1. The molecule has 2 aromatic heterocycles. The molecular formula is C30H36Cl2N8O2. The van der Waals surface area contributed by atoms with Gasteiger partial charge in [-0.1, -0.05) is 36.5 Å². The minimum atomic E-state index is -0.554. The fraction of sp³-hybridized carbons (Fsp3) is 0.433. The van der Waals surface area contributed by atoms with Crippen molar-refractivity contribution >= 4 is 45.8 Å². The van der Waals surface area contributed by atoms with Crippen molar-refractivity contribution in [1.29, 1.82) is 5.41 Å². The number of halogens is 2. The topological polar surface area (TPSA) is 123 Å². The van der Waals surface area contributed by atoms with Crippen molar-refractivity contribution in [3.63, 3.8) is 0 Å². The maximum Gasteiger partial charge on any atom is 0.225 e. The highest BCUT2D eigenvalue weighted by Crippen LogP contribution is 2.36. The van der Waals surface area contributed by atoms with E-state index in [1.54, 1.807) is 32.2 Å². The molecule has 0 bridgehead atoms. The zero-order chi connectivity index (χ0) is 30.0. The van der Waals surface area contributed by atoms with Crippen LogP contribution < -0.4 is 19.9 Å². The lowest BCUT2D eigenvalue weighted by atomic mass is 10.1. The van der Waals surface area contributed by atoms with E-state index < -0.39 is 6.10 Å². The number of fused-ring (bicyclic) bond motifs is 1. The molecule has 0 unspecified atom stereocenters. The summed E-state index contributed by atoms with van der Waals surface area (Å²) in [4.78, 5) is 23.8. The Bertz CT molecular complexity index is 1530. The second-order valence-electron chi connectivity index (χ2n) is 10.6. The third-order valence-electron chi connectivity index (χ3n) is 7.64. The van der Waals surface area contributed by atoms with Gasteiger partial charge in [-0.25, -0.2) is 19.9 Å². The number of hydrogen-bond acceptors (Lipinski definition) is 10. The highest BCUT2D eigenvalue weighted by Gasteiger charge is 2.29. The molecule has 0 aliphatic carbocycles. The first kappa shape index (κ1) is 30.0. The molecule has 222 valence electrons. The lowest BCUT2D eigenvalue weighted by molar-refractivity contribution is 0.0994. The summed E-state index contributed by atoms with van der Waals surface area (Å²) in [5, 5.41) is 21.8. The molecular weight excluding hydrogens is 575 g/mol. The van der Waals surface area contributed by atoms with Gasteiger partial charge < -0.3 is 25.0 Å². The molecule has 2 aliphatic heterocycles. The van der Waals surface area contributed by atoms with Gasteiger partial charge in [0.25, 0.3) is 0 Å². The lowest BCUT2D eigenvalue weighted by Gasteiger charge is -2.30. The van der Waals surface area contributed by atoms with Crippen molar-refractivity contribution in [3.05, 3.63) is 57.5 Å². The Morgan fingerprint density at radius 2 is 1.98 bits per heavy atom. The predicted octanol–water partition coefficient (Wildman–Crippen LogP) is 5.33. The lowest BCUT2D eigenvalue weighted by Crippen LogP contribution is -2.38. The largest absolute Gasteiger partial charge is 0.491 e. The summed E-state index contributed by atoms with van der Waals surface area (Å²) in [6.07, 6.45) is 4.04. The Kier molecular flexibility index (Phi) is 9.15. The molecule has 12 heteroatoms. The third kappa shape index (κ3) is 6.16. The van der Waals surface area contributed by atoms with Gasteiger partial charge in [-0.05, 0) is 44.9 Å². The standard InChI is InChI=1S/C30H36Cl2N8O2/c1-5-7-20(41)16-42-21-8-9-23(31)22(12-21)28-37-26(25(34-4)17(2)27(32)33)18(3)29(38-28)40-14-19-13-35-30(36-24(19)15-40)39-10-6-11-39/h8-9,12-13,20,33-34,41H,5-7,10-11,14-16H2,1-4H3/b25-17-,33-27?/t20-/m1/s1. The highest BCUT2D eigenvalue weighted by atomic mass is 35.5. The first-order chi connectivity index (χ1) is 20.2. The molecule has 5 rings (SSSR count). The number of aliphatic hydroxyl groups excluding tert-OH is 1. The summed E-state index contributed by atoms with van der Waals surface area (Å²) in [5.74, 6) is 2.45. The van der Waals surface area contributed by atoms with Crippen LogP contribution in [0.25, 0.3) is 17.1 Å². The van der Waals surface area contributed by atoms with Crippen molar-refractivity contribution in [1.82, 2.24) is 25.3 Å². The van der Waals surface area contributed by atoms with E-state index in [9.17, 15) is 5.11 Å². The molecule has 3 N–H and O–H groups in total. The van der Waals surface area contributed by atoms with Crippen LogP contribution in [0.3, 0.4) is 0 Å². The number of allylic oxidation sites excluding steroid dienone is 1. The van der Waals surface area contributed by atoms with E-state index in [-0.39, 0.29) is 11.8 Å². The number of aromatic nitrogens is 4. The van der Waals surface area contributed by atoms with Gasteiger partial charge in [0.2, 0.25) is 5.95 Å². The van der Waals surface area contributed by atoms with Crippen LogP contribution in [0.2, 0.25) is 5.02 Å². The Labute approximate surface area is 256 Å². The van der Waals surface area contributed by atoms with Gasteiger partial charge in [0.15, 0.2) is 5.82 Å².